The molecule has 3 heteroatoms. The standard InChI is InChI=1S/C15H27NO2/c1-6-9-16-13(12-8-10-17-11-12)14(18-7-2)15(3,4)5/h8,10-11,13-14,16H,6-7,9H2,1-5H3. The van der Waals surface area contributed by atoms with E-state index in [1.54, 1.807) is 6.26 Å². The lowest BCUT2D eigenvalue weighted by atomic mass is 9.82. The normalized spacial score (nSPS) is 15.6. The summed E-state index contributed by atoms with van der Waals surface area (Å²) in [6.07, 6.45) is 4.77. The maximum absolute atomic E-state index is 5.99. The van der Waals surface area contributed by atoms with Crippen LogP contribution < -0.4 is 5.32 Å². The summed E-state index contributed by atoms with van der Waals surface area (Å²) in [6.45, 7) is 12.6. The van der Waals surface area contributed by atoms with Gasteiger partial charge in [-0.25, -0.2) is 0 Å². The van der Waals surface area contributed by atoms with Crippen LogP contribution in [-0.4, -0.2) is 19.3 Å². The topological polar surface area (TPSA) is 34.4 Å². The highest BCUT2D eigenvalue weighted by molar-refractivity contribution is 5.14. The first-order chi connectivity index (χ1) is 8.50. The molecular weight excluding hydrogens is 226 g/mol. The Kier molecular flexibility index (Phi) is 5.89. The summed E-state index contributed by atoms with van der Waals surface area (Å²) < 4.78 is 11.2. The zero-order valence-corrected chi connectivity index (χ0v) is 12.3. The van der Waals surface area contributed by atoms with Crippen molar-refractivity contribution in [2.45, 2.75) is 53.2 Å². The molecule has 0 aliphatic carbocycles. The number of ether oxygens (including phenoxy) is 1. The molecule has 104 valence electrons. The van der Waals surface area contributed by atoms with Gasteiger partial charge >= 0.3 is 0 Å². The number of nitrogens with one attached hydrogen (secondary N) is 1. The minimum atomic E-state index is 0.0820. The van der Waals surface area contributed by atoms with Gasteiger partial charge < -0.3 is 14.5 Å². The van der Waals surface area contributed by atoms with Gasteiger partial charge in [-0.1, -0.05) is 27.7 Å². The summed E-state index contributed by atoms with van der Waals surface area (Å²) in [5.41, 5.74) is 1.25. The molecule has 0 radical (unpaired) electrons. The highest BCUT2D eigenvalue weighted by atomic mass is 16.5. The summed E-state index contributed by atoms with van der Waals surface area (Å²) in [7, 11) is 0. The lowest BCUT2D eigenvalue weighted by molar-refractivity contribution is -0.0366. The maximum atomic E-state index is 5.99. The van der Waals surface area contributed by atoms with Crippen molar-refractivity contribution in [2.75, 3.05) is 13.2 Å². The molecule has 3 nitrogen and oxygen atoms in total. The average molecular weight is 253 g/mol. The van der Waals surface area contributed by atoms with Gasteiger partial charge in [0.2, 0.25) is 0 Å². The van der Waals surface area contributed by atoms with E-state index < -0.39 is 0 Å². The van der Waals surface area contributed by atoms with Crippen LogP contribution in [0.25, 0.3) is 0 Å². The van der Waals surface area contributed by atoms with Crippen LogP contribution in [-0.2, 0) is 4.74 Å². The monoisotopic (exact) mass is 253 g/mol. The Morgan fingerprint density at radius 2 is 2.06 bits per heavy atom. The zero-order chi connectivity index (χ0) is 13.6. The van der Waals surface area contributed by atoms with Crippen LogP contribution in [0.3, 0.4) is 0 Å². The minimum absolute atomic E-state index is 0.0820. The number of furan rings is 1. The van der Waals surface area contributed by atoms with Crippen LogP contribution in [0, 0.1) is 5.41 Å². The van der Waals surface area contributed by atoms with E-state index in [0.717, 1.165) is 25.1 Å². The Labute approximate surface area is 111 Å². The molecule has 0 saturated heterocycles. The number of rotatable bonds is 7. The lowest BCUT2D eigenvalue weighted by Gasteiger charge is -2.37. The molecule has 0 aliphatic heterocycles. The summed E-state index contributed by atoms with van der Waals surface area (Å²) in [6, 6.07) is 2.20. The SMILES string of the molecule is CCCNC(c1ccoc1)C(OCC)C(C)(C)C. The fourth-order valence-electron chi connectivity index (χ4n) is 2.18. The molecule has 0 fully saturated rings. The molecule has 1 N–H and O–H groups in total. The van der Waals surface area contributed by atoms with Crippen LogP contribution in [0.1, 0.15) is 52.6 Å². The second kappa shape index (κ2) is 6.95. The number of hydrogen-bond donors (Lipinski definition) is 1. The third-order valence-corrected chi connectivity index (χ3v) is 3.02. The molecular formula is C15H27NO2. The summed E-state index contributed by atoms with van der Waals surface area (Å²) in [5, 5.41) is 3.58. The van der Waals surface area contributed by atoms with Gasteiger partial charge in [0.25, 0.3) is 0 Å². The predicted molar refractivity (Wildman–Crippen MR) is 74.6 cm³/mol. The van der Waals surface area contributed by atoms with Gasteiger partial charge in [-0.15, -0.1) is 0 Å². The van der Waals surface area contributed by atoms with Gasteiger partial charge in [0.05, 0.1) is 24.7 Å². The summed E-state index contributed by atoms with van der Waals surface area (Å²) >= 11 is 0. The molecule has 0 bridgehead atoms. The molecule has 2 unspecified atom stereocenters. The van der Waals surface area contributed by atoms with Gasteiger partial charge in [0.1, 0.15) is 0 Å². The second-order valence-electron chi connectivity index (χ2n) is 5.73. The summed E-state index contributed by atoms with van der Waals surface area (Å²) in [5.74, 6) is 0. The van der Waals surface area contributed by atoms with Crippen LogP contribution in [0.4, 0.5) is 0 Å². The highest BCUT2D eigenvalue weighted by Gasteiger charge is 2.34. The first-order valence-electron chi connectivity index (χ1n) is 6.87. The van der Waals surface area contributed by atoms with Crippen molar-refractivity contribution in [2.24, 2.45) is 5.41 Å². The minimum Gasteiger partial charge on any atom is -0.472 e. The molecule has 0 aliphatic rings. The Bertz CT molecular complexity index is 314. The first kappa shape index (κ1) is 15.3. The molecule has 1 rings (SSSR count). The van der Waals surface area contributed by atoms with E-state index in [1.807, 2.05) is 19.3 Å². The molecule has 18 heavy (non-hydrogen) atoms. The molecule has 2 atom stereocenters. The number of hydrogen-bond acceptors (Lipinski definition) is 3. The predicted octanol–water partition coefficient (Wildman–Crippen LogP) is 3.77. The first-order valence-corrected chi connectivity index (χ1v) is 6.87. The Balaban J connectivity index is 2.91. The van der Waals surface area contributed by atoms with Crippen molar-refractivity contribution in [1.82, 2.24) is 5.32 Å². The molecule has 1 aromatic heterocycles. The van der Waals surface area contributed by atoms with Gasteiger partial charge in [0.15, 0.2) is 0 Å². The van der Waals surface area contributed by atoms with Gasteiger partial charge in [-0.2, -0.15) is 0 Å². The smallest absolute Gasteiger partial charge is 0.0951 e. The largest absolute Gasteiger partial charge is 0.472 e. The van der Waals surface area contributed by atoms with Crippen molar-refractivity contribution in [3.63, 3.8) is 0 Å². The van der Waals surface area contributed by atoms with E-state index in [1.165, 1.54) is 0 Å². The highest BCUT2D eigenvalue weighted by Crippen LogP contribution is 2.33. The molecule has 0 amide bonds. The van der Waals surface area contributed by atoms with E-state index in [0.29, 0.717) is 0 Å². The van der Waals surface area contributed by atoms with E-state index in [-0.39, 0.29) is 17.6 Å². The van der Waals surface area contributed by atoms with Crippen molar-refractivity contribution in [1.29, 1.82) is 0 Å². The third kappa shape index (κ3) is 4.14. The third-order valence-electron chi connectivity index (χ3n) is 3.02. The van der Waals surface area contributed by atoms with E-state index in [9.17, 15) is 0 Å². The molecule has 0 saturated carbocycles. The quantitative estimate of drug-likeness (QED) is 0.803. The molecule has 1 heterocycles. The van der Waals surface area contributed by atoms with Crippen molar-refractivity contribution >= 4 is 0 Å². The second-order valence-corrected chi connectivity index (χ2v) is 5.73. The Hall–Kier alpha value is -0.800. The summed E-state index contributed by atoms with van der Waals surface area (Å²) in [4.78, 5) is 0. The molecule has 0 aromatic carbocycles. The van der Waals surface area contributed by atoms with Gasteiger partial charge in [0, 0.05) is 12.2 Å². The Morgan fingerprint density at radius 3 is 2.50 bits per heavy atom. The van der Waals surface area contributed by atoms with Crippen molar-refractivity contribution < 1.29 is 9.15 Å². The fourth-order valence-corrected chi connectivity index (χ4v) is 2.18. The van der Waals surface area contributed by atoms with E-state index in [4.69, 9.17) is 9.15 Å². The maximum Gasteiger partial charge on any atom is 0.0951 e. The molecule has 0 spiro atoms. The van der Waals surface area contributed by atoms with E-state index >= 15 is 0 Å². The average Bonchev–Trinajstić information content (AvgIpc) is 2.80. The van der Waals surface area contributed by atoms with Crippen LogP contribution in [0.5, 0.6) is 0 Å². The molecule has 1 aromatic rings. The van der Waals surface area contributed by atoms with Crippen LogP contribution in [0.2, 0.25) is 0 Å². The van der Waals surface area contributed by atoms with Crippen LogP contribution >= 0.6 is 0 Å². The van der Waals surface area contributed by atoms with Gasteiger partial charge in [-0.05, 0) is 31.4 Å². The zero-order valence-electron chi connectivity index (χ0n) is 12.3. The van der Waals surface area contributed by atoms with E-state index in [2.05, 4.69) is 33.0 Å². The lowest BCUT2D eigenvalue weighted by Crippen LogP contribution is -2.42. The van der Waals surface area contributed by atoms with Crippen molar-refractivity contribution in [3.05, 3.63) is 24.2 Å². The Morgan fingerprint density at radius 1 is 1.33 bits per heavy atom. The van der Waals surface area contributed by atoms with Crippen LogP contribution in [0.15, 0.2) is 23.0 Å². The fraction of sp³-hybridized carbons (Fsp3) is 0.733. The van der Waals surface area contributed by atoms with Gasteiger partial charge in [-0.3, -0.25) is 0 Å². The van der Waals surface area contributed by atoms with Crippen molar-refractivity contribution in [3.8, 4) is 0 Å².